The summed E-state index contributed by atoms with van der Waals surface area (Å²) >= 11 is 0. The van der Waals surface area contributed by atoms with Crippen LogP contribution in [0.2, 0.25) is 0 Å². The van der Waals surface area contributed by atoms with Gasteiger partial charge in [0.25, 0.3) is 0 Å². The molecule has 100 valence electrons. The van der Waals surface area contributed by atoms with E-state index < -0.39 is 11.9 Å². The van der Waals surface area contributed by atoms with Gasteiger partial charge in [-0.3, -0.25) is 4.79 Å². The van der Waals surface area contributed by atoms with Crippen molar-refractivity contribution < 1.29 is 14.7 Å². The summed E-state index contributed by atoms with van der Waals surface area (Å²) < 4.78 is 0. The fraction of sp³-hybridized carbons (Fsp3) is 0.818. The van der Waals surface area contributed by atoms with E-state index in [1.54, 1.807) is 6.92 Å². The number of urea groups is 1. The largest absolute Gasteiger partial charge is 0.481 e. The van der Waals surface area contributed by atoms with Crippen LogP contribution >= 0.6 is 0 Å². The molecular formula is C11H23N3O3. The Hall–Kier alpha value is -1.30. The molecular weight excluding hydrogens is 222 g/mol. The van der Waals surface area contributed by atoms with Gasteiger partial charge in [-0.2, -0.15) is 0 Å². The minimum atomic E-state index is -0.918. The van der Waals surface area contributed by atoms with Crippen molar-refractivity contribution in [1.82, 2.24) is 15.5 Å². The Kier molecular flexibility index (Phi) is 5.95. The van der Waals surface area contributed by atoms with Gasteiger partial charge in [-0.25, -0.2) is 4.79 Å². The lowest BCUT2D eigenvalue weighted by Crippen LogP contribution is -2.50. The maximum atomic E-state index is 11.4. The zero-order valence-corrected chi connectivity index (χ0v) is 11.2. The first kappa shape index (κ1) is 15.7. The summed E-state index contributed by atoms with van der Waals surface area (Å²) in [5, 5.41) is 13.9. The van der Waals surface area contributed by atoms with E-state index in [-0.39, 0.29) is 18.1 Å². The maximum Gasteiger partial charge on any atom is 0.314 e. The van der Waals surface area contributed by atoms with E-state index in [0.29, 0.717) is 6.54 Å². The van der Waals surface area contributed by atoms with Gasteiger partial charge in [-0.05, 0) is 27.9 Å². The third-order valence-electron chi connectivity index (χ3n) is 2.88. The molecule has 2 amide bonds. The highest BCUT2D eigenvalue weighted by Crippen LogP contribution is 2.07. The van der Waals surface area contributed by atoms with Crippen LogP contribution in [-0.2, 0) is 4.79 Å². The summed E-state index contributed by atoms with van der Waals surface area (Å²) in [6.07, 6.45) is 0. The van der Waals surface area contributed by atoms with Crippen LogP contribution in [0, 0.1) is 5.92 Å². The Balaban J connectivity index is 3.93. The van der Waals surface area contributed by atoms with Gasteiger partial charge in [0.15, 0.2) is 0 Å². The highest BCUT2D eigenvalue weighted by atomic mass is 16.4. The van der Waals surface area contributed by atoms with Crippen LogP contribution < -0.4 is 10.6 Å². The third-order valence-corrected chi connectivity index (χ3v) is 2.88. The predicted molar refractivity (Wildman–Crippen MR) is 66.0 cm³/mol. The third kappa shape index (κ3) is 6.11. The smallest absolute Gasteiger partial charge is 0.314 e. The standard InChI is InChI=1S/C11H23N3O3/c1-8(9(15)16)6-12-10(17)13-7-11(2,3)14(4)5/h8H,6-7H2,1-5H3,(H,15,16)(H2,12,13,17). The normalized spacial score (nSPS) is 13.3. The van der Waals surface area contributed by atoms with Crippen molar-refractivity contribution in [1.29, 1.82) is 0 Å². The van der Waals surface area contributed by atoms with Crippen molar-refractivity contribution in [3.05, 3.63) is 0 Å². The molecule has 0 saturated heterocycles. The lowest BCUT2D eigenvalue weighted by molar-refractivity contribution is -0.140. The van der Waals surface area contributed by atoms with E-state index in [4.69, 9.17) is 5.11 Å². The molecule has 0 spiro atoms. The number of carboxylic acid groups (broad SMARTS) is 1. The Morgan fingerprint density at radius 3 is 2.24 bits per heavy atom. The molecule has 0 radical (unpaired) electrons. The van der Waals surface area contributed by atoms with Gasteiger partial charge in [-0.15, -0.1) is 0 Å². The SMILES string of the molecule is CC(CNC(=O)NCC(C)(C)N(C)C)C(=O)O. The summed E-state index contributed by atoms with van der Waals surface area (Å²) in [4.78, 5) is 24.0. The second-order valence-electron chi connectivity index (χ2n) is 5.01. The molecule has 1 atom stereocenters. The molecule has 0 aliphatic rings. The number of rotatable bonds is 6. The second-order valence-corrected chi connectivity index (χ2v) is 5.01. The molecule has 17 heavy (non-hydrogen) atoms. The van der Waals surface area contributed by atoms with Crippen LogP contribution in [0.15, 0.2) is 0 Å². The number of nitrogens with one attached hydrogen (secondary N) is 2. The van der Waals surface area contributed by atoms with E-state index >= 15 is 0 Å². The van der Waals surface area contributed by atoms with Gasteiger partial charge < -0.3 is 20.6 Å². The Morgan fingerprint density at radius 1 is 1.29 bits per heavy atom. The Morgan fingerprint density at radius 2 is 1.82 bits per heavy atom. The summed E-state index contributed by atoms with van der Waals surface area (Å²) in [6, 6.07) is -0.340. The molecule has 0 aromatic carbocycles. The zero-order chi connectivity index (χ0) is 13.6. The van der Waals surface area contributed by atoms with E-state index in [2.05, 4.69) is 10.6 Å². The fourth-order valence-corrected chi connectivity index (χ4v) is 0.850. The topological polar surface area (TPSA) is 81.7 Å². The van der Waals surface area contributed by atoms with E-state index in [1.807, 2.05) is 32.8 Å². The number of nitrogens with zero attached hydrogens (tertiary/aromatic N) is 1. The zero-order valence-electron chi connectivity index (χ0n) is 11.2. The van der Waals surface area contributed by atoms with E-state index in [0.717, 1.165) is 0 Å². The molecule has 0 heterocycles. The number of likely N-dealkylation sites (N-methyl/N-ethyl adjacent to an activating group) is 1. The van der Waals surface area contributed by atoms with Crippen LogP contribution in [0.25, 0.3) is 0 Å². The average Bonchev–Trinajstić information content (AvgIpc) is 2.22. The molecule has 3 N–H and O–H groups in total. The molecule has 1 unspecified atom stereocenters. The van der Waals surface area contributed by atoms with Crippen molar-refractivity contribution in [3.8, 4) is 0 Å². The minimum absolute atomic E-state index is 0.129. The first-order chi connectivity index (χ1) is 7.66. The van der Waals surface area contributed by atoms with E-state index in [9.17, 15) is 9.59 Å². The molecule has 0 aromatic rings. The van der Waals surface area contributed by atoms with Crippen molar-refractivity contribution in [3.63, 3.8) is 0 Å². The van der Waals surface area contributed by atoms with Gasteiger partial charge >= 0.3 is 12.0 Å². The highest BCUT2D eigenvalue weighted by Gasteiger charge is 2.21. The number of hydrogen-bond donors (Lipinski definition) is 3. The molecule has 6 nitrogen and oxygen atoms in total. The van der Waals surface area contributed by atoms with Crippen LogP contribution in [0.3, 0.4) is 0 Å². The van der Waals surface area contributed by atoms with Gasteiger partial charge in [0.1, 0.15) is 0 Å². The Bertz CT molecular complexity index is 277. The van der Waals surface area contributed by atoms with E-state index in [1.165, 1.54) is 0 Å². The second kappa shape index (κ2) is 6.44. The van der Waals surface area contributed by atoms with Gasteiger partial charge in [0.05, 0.1) is 5.92 Å². The van der Waals surface area contributed by atoms with Gasteiger partial charge in [-0.1, -0.05) is 6.92 Å². The monoisotopic (exact) mass is 245 g/mol. The summed E-state index contributed by atoms with van der Waals surface area (Å²) in [6.45, 7) is 6.18. The lowest BCUT2D eigenvalue weighted by Gasteiger charge is -2.32. The van der Waals surface area contributed by atoms with Crippen LogP contribution in [-0.4, -0.2) is 54.7 Å². The molecule has 0 aliphatic heterocycles. The van der Waals surface area contributed by atoms with Crippen LogP contribution in [0.5, 0.6) is 0 Å². The maximum absolute atomic E-state index is 11.4. The molecule has 0 aromatic heterocycles. The number of amides is 2. The number of aliphatic carboxylic acids is 1. The average molecular weight is 245 g/mol. The van der Waals surface area contributed by atoms with Crippen molar-refractivity contribution in [2.24, 2.45) is 5.92 Å². The van der Waals surface area contributed by atoms with Crippen molar-refractivity contribution >= 4 is 12.0 Å². The van der Waals surface area contributed by atoms with Crippen molar-refractivity contribution in [2.45, 2.75) is 26.3 Å². The molecule has 0 bridgehead atoms. The molecule has 0 saturated carbocycles. The quantitative estimate of drug-likeness (QED) is 0.630. The molecule has 6 heteroatoms. The first-order valence-electron chi connectivity index (χ1n) is 5.58. The van der Waals surface area contributed by atoms with Gasteiger partial charge in [0, 0.05) is 18.6 Å². The number of carbonyl (C=O) groups excluding carboxylic acids is 1. The van der Waals surface area contributed by atoms with Crippen LogP contribution in [0.4, 0.5) is 4.79 Å². The minimum Gasteiger partial charge on any atom is -0.481 e. The summed E-state index contributed by atoms with van der Waals surface area (Å²) in [5.41, 5.74) is -0.143. The molecule has 0 aliphatic carbocycles. The molecule has 0 fully saturated rings. The predicted octanol–water partition coefficient (Wildman–Crippen LogP) is 0.347. The fourth-order valence-electron chi connectivity index (χ4n) is 0.850. The highest BCUT2D eigenvalue weighted by molar-refractivity contribution is 5.75. The summed E-state index contributed by atoms with van der Waals surface area (Å²) in [7, 11) is 3.87. The number of carbonyl (C=O) groups is 2. The Labute approximate surface area is 102 Å². The summed E-state index contributed by atoms with van der Waals surface area (Å²) in [5.74, 6) is -1.50. The van der Waals surface area contributed by atoms with Crippen LogP contribution in [0.1, 0.15) is 20.8 Å². The van der Waals surface area contributed by atoms with Crippen molar-refractivity contribution in [2.75, 3.05) is 27.2 Å². The molecule has 0 rings (SSSR count). The number of hydrogen-bond acceptors (Lipinski definition) is 3. The first-order valence-corrected chi connectivity index (χ1v) is 5.58. The number of carboxylic acids is 1. The lowest BCUT2D eigenvalue weighted by atomic mass is 10.0. The van der Waals surface area contributed by atoms with Gasteiger partial charge in [0.2, 0.25) is 0 Å².